The maximum absolute atomic E-state index is 11.1. The number of nitrogens with one attached hydrogen (secondary N) is 1. The van der Waals surface area contributed by atoms with Gasteiger partial charge in [0, 0.05) is 25.3 Å². The van der Waals surface area contributed by atoms with Crippen molar-refractivity contribution >= 4 is 5.91 Å². The highest BCUT2D eigenvalue weighted by Crippen LogP contribution is 2.14. The Bertz CT molecular complexity index is 440. The number of nitrogens with two attached hydrogens (primary N) is 1. The van der Waals surface area contributed by atoms with E-state index in [9.17, 15) is 4.79 Å². The molecular weight excluding hydrogens is 240 g/mol. The van der Waals surface area contributed by atoms with Gasteiger partial charge in [0.1, 0.15) is 0 Å². The Morgan fingerprint density at radius 3 is 3.00 bits per heavy atom. The maximum Gasteiger partial charge on any atom is 0.248 e. The van der Waals surface area contributed by atoms with Crippen LogP contribution in [0.2, 0.25) is 0 Å². The summed E-state index contributed by atoms with van der Waals surface area (Å²) >= 11 is 0. The SMILES string of the molecule is Cc1cc(C(N)=O)ccc1CNCC1CCCOC1. The van der Waals surface area contributed by atoms with Gasteiger partial charge in [-0.2, -0.15) is 0 Å². The van der Waals surface area contributed by atoms with E-state index >= 15 is 0 Å². The van der Waals surface area contributed by atoms with Gasteiger partial charge < -0.3 is 15.8 Å². The van der Waals surface area contributed by atoms with Crippen molar-refractivity contribution in [3.63, 3.8) is 0 Å². The fourth-order valence-electron chi connectivity index (χ4n) is 2.43. The summed E-state index contributed by atoms with van der Waals surface area (Å²) in [5.41, 5.74) is 8.14. The van der Waals surface area contributed by atoms with Crippen molar-refractivity contribution in [3.05, 3.63) is 34.9 Å². The lowest BCUT2D eigenvalue weighted by Crippen LogP contribution is -2.29. The molecule has 1 atom stereocenters. The molecule has 1 unspecified atom stereocenters. The van der Waals surface area contributed by atoms with Crippen LogP contribution in [0, 0.1) is 12.8 Å². The molecule has 4 heteroatoms. The minimum Gasteiger partial charge on any atom is -0.381 e. The molecule has 3 N–H and O–H groups in total. The maximum atomic E-state index is 11.1. The summed E-state index contributed by atoms with van der Waals surface area (Å²) < 4.78 is 5.46. The number of rotatable bonds is 5. The number of ether oxygens (including phenoxy) is 1. The van der Waals surface area contributed by atoms with Crippen LogP contribution in [0.5, 0.6) is 0 Å². The van der Waals surface area contributed by atoms with E-state index < -0.39 is 0 Å². The molecule has 1 aliphatic rings. The fraction of sp³-hybridized carbons (Fsp3) is 0.533. The van der Waals surface area contributed by atoms with Crippen LogP contribution >= 0.6 is 0 Å². The van der Waals surface area contributed by atoms with E-state index in [0.717, 1.165) is 31.9 Å². The van der Waals surface area contributed by atoms with Gasteiger partial charge in [-0.15, -0.1) is 0 Å². The van der Waals surface area contributed by atoms with Gasteiger partial charge in [0.25, 0.3) is 0 Å². The third kappa shape index (κ3) is 4.04. The van der Waals surface area contributed by atoms with E-state index in [1.54, 1.807) is 6.07 Å². The van der Waals surface area contributed by atoms with Crippen LogP contribution in [0.25, 0.3) is 0 Å². The number of amides is 1. The van der Waals surface area contributed by atoms with Crippen molar-refractivity contribution in [1.29, 1.82) is 0 Å². The molecule has 1 amide bonds. The van der Waals surface area contributed by atoms with E-state index in [-0.39, 0.29) is 5.91 Å². The summed E-state index contributed by atoms with van der Waals surface area (Å²) in [6, 6.07) is 5.61. The first-order valence-electron chi connectivity index (χ1n) is 6.84. The molecule has 0 radical (unpaired) electrons. The smallest absolute Gasteiger partial charge is 0.248 e. The quantitative estimate of drug-likeness (QED) is 0.847. The molecule has 1 aliphatic heterocycles. The average Bonchev–Trinajstić information content (AvgIpc) is 2.41. The summed E-state index contributed by atoms with van der Waals surface area (Å²) in [4.78, 5) is 11.1. The lowest BCUT2D eigenvalue weighted by atomic mass is 10.0. The Morgan fingerprint density at radius 1 is 1.53 bits per heavy atom. The Labute approximate surface area is 114 Å². The van der Waals surface area contributed by atoms with Crippen molar-refractivity contribution in [1.82, 2.24) is 5.32 Å². The van der Waals surface area contributed by atoms with Crippen molar-refractivity contribution in [2.24, 2.45) is 11.7 Å². The molecule has 0 aliphatic carbocycles. The zero-order valence-electron chi connectivity index (χ0n) is 11.4. The zero-order valence-corrected chi connectivity index (χ0v) is 11.4. The summed E-state index contributed by atoms with van der Waals surface area (Å²) in [5, 5.41) is 3.46. The van der Waals surface area contributed by atoms with Crippen molar-refractivity contribution in [2.45, 2.75) is 26.3 Å². The van der Waals surface area contributed by atoms with Gasteiger partial charge >= 0.3 is 0 Å². The molecule has 1 aromatic carbocycles. The number of carbonyl (C=O) groups excluding carboxylic acids is 1. The van der Waals surface area contributed by atoms with Gasteiger partial charge in [-0.25, -0.2) is 0 Å². The predicted molar refractivity (Wildman–Crippen MR) is 74.9 cm³/mol. The van der Waals surface area contributed by atoms with Gasteiger partial charge in [0.2, 0.25) is 5.91 Å². The van der Waals surface area contributed by atoms with Crippen LogP contribution in [0.3, 0.4) is 0 Å². The average molecular weight is 262 g/mol. The van der Waals surface area contributed by atoms with Crippen LogP contribution < -0.4 is 11.1 Å². The molecule has 1 heterocycles. The summed E-state index contributed by atoms with van der Waals surface area (Å²) in [7, 11) is 0. The molecule has 0 saturated carbocycles. The third-order valence-electron chi connectivity index (χ3n) is 3.63. The van der Waals surface area contributed by atoms with E-state index in [1.165, 1.54) is 18.4 Å². The predicted octanol–water partition coefficient (Wildman–Crippen LogP) is 1.61. The first-order chi connectivity index (χ1) is 9.16. The van der Waals surface area contributed by atoms with Crippen LogP contribution in [0.1, 0.15) is 34.3 Å². The molecule has 104 valence electrons. The highest BCUT2D eigenvalue weighted by molar-refractivity contribution is 5.93. The number of hydrogen-bond donors (Lipinski definition) is 2. The van der Waals surface area contributed by atoms with Gasteiger partial charge in [-0.1, -0.05) is 6.07 Å². The number of hydrogen-bond acceptors (Lipinski definition) is 3. The molecule has 1 aromatic rings. The van der Waals surface area contributed by atoms with Crippen molar-refractivity contribution < 1.29 is 9.53 Å². The molecule has 0 aromatic heterocycles. The Hall–Kier alpha value is -1.39. The highest BCUT2D eigenvalue weighted by atomic mass is 16.5. The van der Waals surface area contributed by atoms with Crippen LogP contribution in [0.4, 0.5) is 0 Å². The van der Waals surface area contributed by atoms with Gasteiger partial charge in [0.05, 0.1) is 6.61 Å². The van der Waals surface area contributed by atoms with Crippen LogP contribution in [0.15, 0.2) is 18.2 Å². The molecule has 1 fully saturated rings. The first-order valence-corrected chi connectivity index (χ1v) is 6.84. The first kappa shape index (κ1) is 14.0. The van der Waals surface area contributed by atoms with Gasteiger partial charge in [-0.3, -0.25) is 4.79 Å². The lowest BCUT2D eigenvalue weighted by Gasteiger charge is -2.22. The van der Waals surface area contributed by atoms with E-state index in [0.29, 0.717) is 11.5 Å². The summed E-state index contributed by atoms with van der Waals surface area (Å²) in [6.07, 6.45) is 2.41. The van der Waals surface area contributed by atoms with E-state index in [1.807, 2.05) is 19.1 Å². The molecule has 0 spiro atoms. The lowest BCUT2D eigenvalue weighted by molar-refractivity contribution is 0.0547. The molecule has 0 bridgehead atoms. The molecule has 4 nitrogen and oxygen atoms in total. The summed E-state index contributed by atoms with van der Waals surface area (Å²) in [6.45, 7) is 5.59. The second-order valence-corrected chi connectivity index (χ2v) is 5.22. The Balaban J connectivity index is 1.83. The number of primary amides is 1. The molecule has 1 saturated heterocycles. The van der Waals surface area contributed by atoms with Crippen molar-refractivity contribution in [3.8, 4) is 0 Å². The largest absolute Gasteiger partial charge is 0.381 e. The van der Waals surface area contributed by atoms with Crippen LogP contribution in [-0.4, -0.2) is 25.7 Å². The molecular formula is C15H22N2O2. The van der Waals surface area contributed by atoms with Crippen molar-refractivity contribution in [2.75, 3.05) is 19.8 Å². The Morgan fingerprint density at radius 2 is 2.37 bits per heavy atom. The fourth-order valence-corrected chi connectivity index (χ4v) is 2.43. The molecule has 19 heavy (non-hydrogen) atoms. The van der Waals surface area contributed by atoms with Gasteiger partial charge in [-0.05, 0) is 48.9 Å². The topological polar surface area (TPSA) is 64.4 Å². The van der Waals surface area contributed by atoms with E-state index in [2.05, 4.69) is 5.32 Å². The standard InChI is InChI=1S/C15H22N2O2/c1-11-7-13(15(16)18)4-5-14(11)9-17-8-12-3-2-6-19-10-12/h4-5,7,12,17H,2-3,6,8-10H2,1H3,(H2,16,18). The monoisotopic (exact) mass is 262 g/mol. The second-order valence-electron chi connectivity index (χ2n) is 5.22. The molecule has 2 rings (SSSR count). The summed E-state index contributed by atoms with van der Waals surface area (Å²) in [5.74, 6) is 0.251. The Kier molecular flexibility index (Phi) is 4.93. The van der Waals surface area contributed by atoms with E-state index in [4.69, 9.17) is 10.5 Å². The number of aryl methyl sites for hydroxylation is 1. The van der Waals surface area contributed by atoms with Crippen LogP contribution in [-0.2, 0) is 11.3 Å². The second kappa shape index (κ2) is 6.68. The minimum absolute atomic E-state index is 0.373. The third-order valence-corrected chi connectivity index (χ3v) is 3.63. The number of benzene rings is 1. The normalized spacial score (nSPS) is 19.3. The zero-order chi connectivity index (χ0) is 13.7. The minimum atomic E-state index is -0.373. The highest BCUT2D eigenvalue weighted by Gasteiger charge is 2.13. The van der Waals surface area contributed by atoms with Gasteiger partial charge in [0.15, 0.2) is 0 Å². The number of carbonyl (C=O) groups is 1.